The van der Waals surface area contributed by atoms with Gasteiger partial charge in [-0.05, 0) is 0 Å². The van der Waals surface area contributed by atoms with Crippen LogP contribution in [-0.2, 0) is 14.1 Å². The molecule has 0 aromatic carbocycles. The number of carboxylic acids is 1. The lowest BCUT2D eigenvalue weighted by atomic mass is 10.2. The molecule has 0 fully saturated rings. The minimum atomic E-state index is -2.94. The Hall–Kier alpha value is -2.14. The van der Waals surface area contributed by atoms with Crippen LogP contribution < -0.4 is 0 Å². The molecule has 7 nitrogen and oxygen atoms in total. The van der Waals surface area contributed by atoms with Gasteiger partial charge in [0.1, 0.15) is 27.3 Å². The first-order chi connectivity index (χ1) is 11.5. The third-order valence-corrected chi connectivity index (χ3v) is 3.67. The number of halogens is 6. The number of alkyl halides is 4. The first-order valence-electron chi connectivity index (χ1n) is 6.22. The Morgan fingerprint density at radius 3 is 1.80 bits per heavy atom. The number of aldehydes is 1. The molecule has 0 spiro atoms. The number of rotatable bonds is 4. The SMILES string of the molecule is Cn1nc(C(F)F)c(C(=O)O)c1Cl.Cn1nc(C(F)F)c(C=O)c1Cl. The molecule has 138 valence electrons. The minimum Gasteiger partial charge on any atom is -0.478 e. The van der Waals surface area contributed by atoms with Crippen molar-refractivity contribution in [3.8, 4) is 0 Å². The molecule has 0 radical (unpaired) electrons. The zero-order valence-corrected chi connectivity index (χ0v) is 14.1. The summed E-state index contributed by atoms with van der Waals surface area (Å²) in [6.07, 6.45) is -5.44. The van der Waals surface area contributed by atoms with Gasteiger partial charge in [-0.25, -0.2) is 22.4 Å². The van der Waals surface area contributed by atoms with Crippen molar-refractivity contribution in [3.63, 3.8) is 0 Å². The van der Waals surface area contributed by atoms with E-state index in [2.05, 4.69) is 10.2 Å². The first kappa shape index (κ1) is 20.9. The van der Waals surface area contributed by atoms with Crippen LogP contribution in [0.5, 0.6) is 0 Å². The molecule has 0 atom stereocenters. The second-order valence-electron chi connectivity index (χ2n) is 4.41. The van der Waals surface area contributed by atoms with Gasteiger partial charge in [0.05, 0.1) is 5.56 Å². The van der Waals surface area contributed by atoms with Crippen LogP contribution in [-0.4, -0.2) is 36.9 Å². The number of nitrogens with zero attached hydrogens (tertiary/aromatic N) is 4. The van der Waals surface area contributed by atoms with Gasteiger partial charge < -0.3 is 5.11 Å². The molecule has 1 N–H and O–H groups in total. The number of aromatic nitrogens is 4. The number of carbonyl (C=O) groups excluding carboxylic acids is 1. The van der Waals surface area contributed by atoms with Gasteiger partial charge in [0, 0.05) is 14.1 Å². The molecule has 0 unspecified atom stereocenters. The van der Waals surface area contributed by atoms with Gasteiger partial charge in [-0.1, -0.05) is 23.2 Å². The Morgan fingerprint density at radius 2 is 1.48 bits per heavy atom. The molecular weight excluding hydrogens is 395 g/mol. The van der Waals surface area contributed by atoms with Crippen molar-refractivity contribution in [2.45, 2.75) is 12.9 Å². The van der Waals surface area contributed by atoms with Crippen molar-refractivity contribution in [3.05, 3.63) is 32.8 Å². The normalized spacial score (nSPS) is 10.8. The minimum absolute atomic E-state index is 0.0692. The third-order valence-electron chi connectivity index (χ3n) is 2.79. The van der Waals surface area contributed by atoms with Crippen LogP contribution in [0.3, 0.4) is 0 Å². The van der Waals surface area contributed by atoms with E-state index in [1.807, 2.05) is 0 Å². The summed E-state index contributed by atoms with van der Waals surface area (Å²) in [5.74, 6) is -1.51. The molecule has 2 heterocycles. The maximum Gasteiger partial charge on any atom is 0.341 e. The van der Waals surface area contributed by atoms with Crippen LogP contribution >= 0.6 is 23.2 Å². The van der Waals surface area contributed by atoms with Gasteiger partial charge in [0.15, 0.2) is 6.29 Å². The number of hydrogen-bond acceptors (Lipinski definition) is 4. The molecule has 0 bridgehead atoms. The van der Waals surface area contributed by atoms with E-state index in [1.54, 1.807) is 0 Å². The van der Waals surface area contributed by atoms with Gasteiger partial charge >= 0.3 is 5.97 Å². The largest absolute Gasteiger partial charge is 0.478 e. The van der Waals surface area contributed by atoms with E-state index < -0.39 is 35.8 Å². The van der Waals surface area contributed by atoms with Crippen LogP contribution in [0.2, 0.25) is 10.3 Å². The number of carboxylic acid groups (broad SMARTS) is 1. The van der Waals surface area contributed by atoms with Crippen molar-refractivity contribution in [2.24, 2.45) is 14.1 Å². The molecule has 0 saturated heterocycles. The topological polar surface area (TPSA) is 90.0 Å². The summed E-state index contributed by atoms with van der Waals surface area (Å²) >= 11 is 10.9. The fourth-order valence-electron chi connectivity index (χ4n) is 1.68. The smallest absolute Gasteiger partial charge is 0.341 e. The lowest BCUT2D eigenvalue weighted by Gasteiger charge is -1.94. The average molecular weight is 405 g/mol. The van der Waals surface area contributed by atoms with Crippen molar-refractivity contribution in [2.75, 3.05) is 0 Å². The monoisotopic (exact) mass is 404 g/mol. The zero-order valence-electron chi connectivity index (χ0n) is 12.6. The molecule has 0 aliphatic carbocycles. The summed E-state index contributed by atoms with van der Waals surface area (Å²) in [5.41, 5.74) is -2.26. The van der Waals surface area contributed by atoms with Gasteiger partial charge in [0.25, 0.3) is 12.9 Å². The van der Waals surface area contributed by atoms with Gasteiger partial charge in [-0.15, -0.1) is 0 Å². The highest BCUT2D eigenvalue weighted by molar-refractivity contribution is 6.32. The number of aromatic carboxylic acids is 1. The van der Waals surface area contributed by atoms with Crippen molar-refractivity contribution in [1.29, 1.82) is 0 Å². The van der Waals surface area contributed by atoms with Crippen LogP contribution in [0, 0.1) is 0 Å². The third kappa shape index (κ3) is 4.48. The van der Waals surface area contributed by atoms with Crippen molar-refractivity contribution < 1.29 is 32.3 Å². The molecule has 2 rings (SSSR count). The summed E-state index contributed by atoms with van der Waals surface area (Å²) in [7, 11) is 2.68. The Morgan fingerprint density at radius 1 is 1.04 bits per heavy atom. The summed E-state index contributed by atoms with van der Waals surface area (Å²) in [5, 5.41) is 14.8. The fraction of sp³-hybridized carbons (Fsp3) is 0.333. The Kier molecular flexibility index (Phi) is 6.94. The van der Waals surface area contributed by atoms with Crippen molar-refractivity contribution in [1.82, 2.24) is 19.6 Å². The summed E-state index contributed by atoms with van der Waals surface area (Å²) in [4.78, 5) is 20.8. The van der Waals surface area contributed by atoms with Gasteiger partial charge in [0.2, 0.25) is 0 Å². The maximum absolute atomic E-state index is 12.2. The predicted octanol–water partition coefficient (Wildman–Crippen LogP) is 3.53. The Labute approximate surface area is 147 Å². The molecular formula is C12H10Cl2F4N4O3. The van der Waals surface area contributed by atoms with Crippen LogP contribution in [0.4, 0.5) is 17.6 Å². The quantitative estimate of drug-likeness (QED) is 0.621. The standard InChI is InChI=1S/C6H5ClF2N2O2.C6H5ClF2N2O/c1-11-4(7)2(6(12)13)3(10-11)5(8)9;1-11-5(7)3(2-12)4(10-11)6(8)9/h5H,1H3,(H,12,13);2,6H,1H3. The summed E-state index contributed by atoms with van der Waals surface area (Å²) in [6.45, 7) is 0. The highest BCUT2D eigenvalue weighted by Crippen LogP contribution is 2.27. The molecule has 13 heteroatoms. The molecule has 2 aromatic heterocycles. The van der Waals surface area contributed by atoms with E-state index >= 15 is 0 Å². The average Bonchev–Trinajstić information content (AvgIpc) is 2.98. The first-order valence-corrected chi connectivity index (χ1v) is 6.98. The van der Waals surface area contributed by atoms with Crippen molar-refractivity contribution >= 4 is 35.5 Å². The van der Waals surface area contributed by atoms with E-state index in [0.29, 0.717) is 0 Å². The van der Waals surface area contributed by atoms with E-state index in [9.17, 15) is 27.2 Å². The van der Waals surface area contributed by atoms with E-state index in [4.69, 9.17) is 28.3 Å². The lowest BCUT2D eigenvalue weighted by Crippen LogP contribution is -2.00. The van der Waals surface area contributed by atoms with E-state index in [-0.39, 0.29) is 22.2 Å². The number of hydrogen-bond donors (Lipinski definition) is 1. The zero-order chi connectivity index (χ0) is 19.5. The maximum atomic E-state index is 12.2. The van der Waals surface area contributed by atoms with Crippen LogP contribution in [0.15, 0.2) is 0 Å². The van der Waals surface area contributed by atoms with Gasteiger partial charge in [-0.3, -0.25) is 14.2 Å². The highest BCUT2D eigenvalue weighted by Gasteiger charge is 2.26. The molecule has 25 heavy (non-hydrogen) atoms. The fourth-order valence-corrected chi connectivity index (χ4v) is 2.08. The summed E-state index contributed by atoms with van der Waals surface area (Å²) < 4.78 is 50.5. The van der Waals surface area contributed by atoms with Crippen LogP contribution in [0.1, 0.15) is 45.0 Å². The lowest BCUT2D eigenvalue weighted by molar-refractivity contribution is 0.0684. The Balaban J connectivity index is 0.000000251. The molecule has 2 aromatic rings. The summed E-state index contributed by atoms with van der Waals surface area (Å²) in [6, 6.07) is 0. The molecule has 0 aliphatic heterocycles. The van der Waals surface area contributed by atoms with E-state index in [1.165, 1.54) is 14.1 Å². The predicted molar refractivity (Wildman–Crippen MR) is 78.7 cm³/mol. The van der Waals surface area contributed by atoms with Crippen LogP contribution in [0.25, 0.3) is 0 Å². The van der Waals surface area contributed by atoms with Gasteiger partial charge in [-0.2, -0.15) is 10.2 Å². The second kappa shape index (κ2) is 8.30. The molecule has 0 amide bonds. The number of aryl methyl sites for hydroxylation is 2. The molecule has 0 saturated carbocycles. The second-order valence-corrected chi connectivity index (χ2v) is 5.13. The Bertz CT molecular complexity index is 792. The highest BCUT2D eigenvalue weighted by atomic mass is 35.5. The van der Waals surface area contributed by atoms with E-state index in [0.717, 1.165) is 9.36 Å². The number of carbonyl (C=O) groups is 2. The molecule has 0 aliphatic rings.